The van der Waals surface area contributed by atoms with Gasteiger partial charge in [0.1, 0.15) is 11.6 Å². The van der Waals surface area contributed by atoms with E-state index in [0.29, 0.717) is 6.04 Å². The van der Waals surface area contributed by atoms with Crippen LogP contribution < -0.4 is 10.1 Å². The molecule has 0 unspecified atom stereocenters. The highest BCUT2D eigenvalue weighted by molar-refractivity contribution is 5.44. The summed E-state index contributed by atoms with van der Waals surface area (Å²) in [4.78, 5) is 2.42. The van der Waals surface area contributed by atoms with Gasteiger partial charge in [-0.25, -0.2) is 4.39 Å². The number of rotatable bonds is 7. The molecular formula is C22H29FN2O2. The highest BCUT2D eigenvalue weighted by atomic mass is 19.1. The molecule has 2 N–H and O–H groups in total. The number of ether oxygens (including phenoxy) is 1. The van der Waals surface area contributed by atoms with Gasteiger partial charge in [-0.15, -0.1) is 0 Å². The zero-order valence-corrected chi connectivity index (χ0v) is 16.1. The lowest BCUT2D eigenvalue weighted by Gasteiger charge is -2.33. The smallest absolute Gasteiger partial charge is 0.125 e. The monoisotopic (exact) mass is 372 g/mol. The Labute approximate surface area is 161 Å². The van der Waals surface area contributed by atoms with Crippen molar-refractivity contribution in [3.63, 3.8) is 0 Å². The van der Waals surface area contributed by atoms with E-state index < -0.39 is 0 Å². The quantitative estimate of drug-likeness (QED) is 0.765. The summed E-state index contributed by atoms with van der Waals surface area (Å²) in [6.45, 7) is 6.78. The molecular weight excluding hydrogens is 343 g/mol. The predicted molar refractivity (Wildman–Crippen MR) is 106 cm³/mol. The molecule has 1 heterocycles. The van der Waals surface area contributed by atoms with Gasteiger partial charge < -0.3 is 15.2 Å². The lowest BCUT2D eigenvalue weighted by Crippen LogP contribution is -2.41. The van der Waals surface area contributed by atoms with Crippen LogP contribution in [0.1, 0.15) is 37.8 Å². The van der Waals surface area contributed by atoms with Crippen LogP contribution in [0.3, 0.4) is 0 Å². The molecule has 1 fully saturated rings. The molecule has 4 nitrogen and oxygen atoms in total. The van der Waals surface area contributed by atoms with E-state index in [9.17, 15) is 9.50 Å². The summed E-state index contributed by atoms with van der Waals surface area (Å²) in [5.41, 5.74) is 2.97. The third kappa shape index (κ3) is 5.68. The van der Waals surface area contributed by atoms with Crippen molar-refractivity contribution in [3.05, 3.63) is 59.4 Å². The van der Waals surface area contributed by atoms with Crippen molar-refractivity contribution in [1.82, 2.24) is 4.90 Å². The van der Waals surface area contributed by atoms with Crippen molar-refractivity contribution in [2.45, 2.75) is 52.0 Å². The number of hydrogen-bond acceptors (Lipinski definition) is 4. The molecule has 0 amide bonds. The van der Waals surface area contributed by atoms with E-state index in [1.165, 1.54) is 17.7 Å². The number of aliphatic hydroxyl groups is 1. The number of halogens is 1. The SMILES string of the molecule is CC(C)Oc1ccc(CN2CCC[C@@H](Nc3ccc(F)cc3)C2)cc1CO. The van der Waals surface area contributed by atoms with Crippen molar-refractivity contribution < 1.29 is 14.2 Å². The molecule has 1 atom stereocenters. The molecule has 0 aliphatic carbocycles. The second-order valence-corrected chi connectivity index (χ2v) is 7.49. The van der Waals surface area contributed by atoms with Crippen LogP contribution >= 0.6 is 0 Å². The van der Waals surface area contributed by atoms with Crippen LogP contribution in [0, 0.1) is 5.82 Å². The maximum atomic E-state index is 13.1. The fraction of sp³-hybridized carbons (Fsp3) is 0.455. The number of piperidine rings is 1. The summed E-state index contributed by atoms with van der Waals surface area (Å²) in [5.74, 6) is 0.543. The molecule has 0 spiro atoms. The van der Waals surface area contributed by atoms with Crippen LogP contribution in [0.5, 0.6) is 5.75 Å². The standard InChI is InChI=1S/C22H29FN2O2/c1-16(2)27-22-10-5-17(12-18(22)15-26)13-25-11-3-4-21(14-25)24-20-8-6-19(23)7-9-20/h5-10,12,16,21,24,26H,3-4,11,13-15H2,1-2H3/t21-/m1/s1. The lowest BCUT2D eigenvalue weighted by molar-refractivity contribution is 0.207. The first-order chi connectivity index (χ1) is 13.0. The van der Waals surface area contributed by atoms with E-state index in [4.69, 9.17) is 4.74 Å². The van der Waals surface area contributed by atoms with Gasteiger partial charge in [0.15, 0.2) is 0 Å². The molecule has 0 bridgehead atoms. The maximum absolute atomic E-state index is 13.1. The Hall–Kier alpha value is -2.11. The minimum absolute atomic E-state index is 0.0232. The van der Waals surface area contributed by atoms with Crippen LogP contribution in [0.25, 0.3) is 0 Å². The highest BCUT2D eigenvalue weighted by Gasteiger charge is 2.20. The van der Waals surface area contributed by atoms with Crippen LogP contribution in [0.2, 0.25) is 0 Å². The second-order valence-electron chi connectivity index (χ2n) is 7.49. The Bertz CT molecular complexity index is 734. The largest absolute Gasteiger partial charge is 0.491 e. The Morgan fingerprint density at radius 1 is 1.22 bits per heavy atom. The minimum atomic E-state index is -0.213. The molecule has 0 radical (unpaired) electrons. The van der Waals surface area contributed by atoms with Crippen molar-refractivity contribution in [2.24, 2.45) is 0 Å². The van der Waals surface area contributed by atoms with Crippen molar-refractivity contribution in [3.8, 4) is 5.75 Å². The van der Waals surface area contributed by atoms with Crippen molar-refractivity contribution in [1.29, 1.82) is 0 Å². The predicted octanol–water partition coefficient (Wildman–Crippen LogP) is 4.18. The first kappa shape index (κ1) is 19.6. The van der Waals surface area contributed by atoms with Gasteiger partial charge in [-0.05, 0) is 75.2 Å². The van der Waals surface area contributed by atoms with E-state index in [1.807, 2.05) is 26.0 Å². The van der Waals surface area contributed by atoms with E-state index in [0.717, 1.165) is 49.5 Å². The Balaban J connectivity index is 1.60. The first-order valence-corrected chi connectivity index (χ1v) is 9.67. The van der Waals surface area contributed by atoms with Gasteiger partial charge in [-0.1, -0.05) is 6.07 Å². The zero-order valence-electron chi connectivity index (χ0n) is 16.1. The Morgan fingerprint density at radius 2 is 2.00 bits per heavy atom. The molecule has 146 valence electrons. The summed E-state index contributed by atoms with van der Waals surface area (Å²) >= 11 is 0. The number of aliphatic hydroxyl groups excluding tert-OH is 1. The first-order valence-electron chi connectivity index (χ1n) is 9.67. The number of nitrogens with one attached hydrogen (secondary N) is 1. The van der Waals surface area contributed by atoms with Gasteiger partial charge in [-0.3, -0.25) is 4.90 Å². The average Bonchev–Trinajstić information content (AvgIpc) is 2.65. The molecule has 5 heteroatoms. The fourth-order valence-electron chi connectivity index (χ4n) is 3.58. The summed E-state index contributed by atoms with van der Waals surface area (Å²) in [6.07, 6.45) is 2.32. The van der Waals surface area contributed by atoms with Gasteiger partial charge >= 0.3 is 0 Å². The summed E-state index contributed by atoms with van der Waals surface area (Å²) < 4.78 is 18.8. The molecule has 0 aromatic heterocycles. The molecule has 3 rings (SSSR count). The van der Waals surface area contributed by atoms with Crippen LogP contribution in [0.4, 0.5) is 10.1 Å². The molecule has 1 aliphatic heterocycles. The number of likely N-dealkylation sites (tertiary alicyclic amines) is 1. The second kappa shape index (κ2) is 9.20. The zero-order chi connectivity index (χ0) is 19.2. The third-order valence-electron chi connectivity index (χ3n) is 4.78. The van der Waals surface area contributed by atoms with E-state index in [1.54, 1.807) is 12.1 Å². The van der Waals surface area contributed by atoms with E-state index in [-0.39, 0.29) is 18.5 Å². The van der Waals surface area contributed by atoms with Gasteiger partial charge in [-0.2, -0.15) is 0 Å². The van der Waals surface area contributed by atoms with Crippen LogP contribution in [0.15, 0.2) is 42.5 Å². The Morgan fingerprint density at radius 3 is 2.70 bits per heavy atom. The average molecular weight is 372 g/mol. The highest BCUT2D eigenvalue weighted by Crippen LogP contribution is 2.24. The number of anilines is 1. The van der Waals surface area contributed by atoms with Gasteiger partial charge in [0.05, 0.1) is 12.7 Å². The van der Waals surface area contributed by atoms with Crippen molar-refractivity contribution in [2.75, 3.05) is 18.4 Å². The number of nitrogens with zero attached hydrogens (tertiary/aromatic N) is 1. The Kier molecular flexibility index (Phi) is 6.69. The topological polar surface area (TPSA) is 44.7 Å². The molecule has 27 heavy (non-hydrogen) atoms. The molecule has 1 aliphatic rings. The third-order valence-corrected chi connectivity index (χ3v) is 4.78. The van der Waals surface area contributed by atoms with Crippen molar-refractivity contribution >= 4 is 5.69 Å². The molecule has 2 aromatic carbocycles. The lowest BCUT2D eigenvalue weighted by atomic mass is 10.0. The minimum Gasteiger partial charge on any atom is -0.491 e. The van der Waals surface area contributed by atoms with Gasteiger partial charge in [0.25, 0.3) is 0 Å². The summed E-state index contributed by atoms with van der Waals surface area (Å²) in [5, 5.41) is 13.2. The van der Waals surface area contributed by atoms with Gasteiger partial charge in [0, 0.05) is 30.4 Å². The van der Waals surface area contributed by atoms with E-state index >= 15 is 0 Å². The van der Waals surface area contributed by atoms with Crippen LogP contribution in [-0.4, -0.2) is 35.2 Å². The fourth-order valence-corrected chi connectivity index (χ4v) is 3.58. The number of hydrogen-bond donors (Lipinski definition) is 2. The normalized spacial score (nSPS) is 17.9. The maximum Gasteiger partial charge on any atom is 0.125 e. The van der Waals surface area contributed by atoms with E-state index in [2.05, 4.69) is 16.3 Å². The molecule has 0 saturated carbocycles. The molecule has 1 saturated heterocycles. The summed E-state index contributed by atoms with van der Waals surface area (Å²) in [7, 11) is 0. The number of benzene rings is 2. The van der Waals surface area contributed by atoms with Crippen LogP contribution in [-0.2, 0) is 13.2 Å². The molecule has 2 aromatic rings. The van der Waals surface area contributed by atoms with Gasteiger partial charge in [0.2, 0.25) is 0 Å². The summed E-state index contributed by atoms with van der Waals surface area (Å²) in [6, 6.07) is 13.0.